The van der Waals surface area contributed by atoms with E-state index in [1.165, 1.54) is 0 Å². The van der Waals surface area contributed by atoms with Crippen LogP contribution >= 0.6 is 6.04 Å². The second-order valence-electron chi connectivity index (χ2n) is 10.4. The van der Waals surface area contributed by atoms with E-state index >= 15 is 0 Å². The van der Waals surface area contributed by atoms with Crippen LogP contribution in [0.5, 0.6) is 23.0 Å². The summed E-state index contributed by atoms with van der Waals surface area (Å²) in [6.07, 6.45) is 0. The molecule has 9 rings (SSSR count). The predicted molar refractivity (Wildman–Crippen MR) is 171 cm³/mol. The molecule has 2 aliphatic heterocycles. The van der Waals surface area contributed by atoms with Gasteiger partial charge in [0.1, 0.15) is 34.2 Å². The molecule has 1 aromatic heterocycles. The summed E-state index contributed by atoms with van der Waals surface area (Å²) in [6, 6.07) is 41.4. The molecule has 0 bridgehead atoms. The van der Waals surface area contributed by atoms with Gasteiger partial charge in [-0.2, -0.15) is 0 Å². The van der Waals surface area contributed by atoms with Crippen molar-refractivity contribution < 1.29 is 13.9 Å². The van der Waals surface area contributed by atoms with Gasteiger partial charge in [-0.15, -0.1) is 0 Å². The van der Waals surface area contributed by atoms with Crippen LogP contribution in [0.4, 0.5) is 0 Å². The Labute approximate surface area is 241 Å². The van der Waals surface area contributed by atoms with Crippen LogP contribution in [0.3, 0.4) is 0 Å². The molecular formula is C36H21O3PS. The Morgan fingerprint density at radius 2 is 1.07 bits per heavy atom. The highest BCUT2D eigenvalue weighted by atomic mass is 32.4. The molecule has 0 saturated heterocycles. The standard InChI is InChI=1S/C36H21O3PS/c41-40-33-14-5-3-12-29(33)37-31-20-24(21-32(36(31)40)38-30-13-4-6-15-34(30)40)22-16-18-23(19-17-22)25-9-7-10-27-26-8-1-2-11-28(26)39-35(25)27/h1-21H. The highest BCUT2D eigenvalue weighted by molar-refractivity contribution is 8.26. The fraction of sp³-hybridized carbons (Fsp3) is 0. The zero-order valence-corrected chi connectivity index (χ0v) is 23.4. The van der Waals surface area contributed by atoms with Crippen molar-refractivity contribution in [2.75, 3.05) is 0 Å². The third-order valence-corrected chi connectivity index (χ3v) is 13.0. The van der Waals surface area contributed by atoms with E-state index in [4.69, 9.17) is 25.7 Å². The lowest BCUT2D eigenvalue weighted by atomic mass is 9.98. The molecule has 0 N–H and O–H groups in total. The number of para-hydroxylation sites is 4. The molecular weight excluding hydrogens is 543 g/mol. The van der Waals surface area contributed by atoms with Crippen LogP contribution in [0, 0.1) is 0 Å². The van der Waals surface area contributed by atoms with Gasteiger partial charge in [0, 0.05) is 26.9 Å². The maximum absolute atomic E-state index is 6.59. The van der Waals surface area contributed by atoms with Crippen molar-refractivity contribution in [3.8, 4) is 45.3 Å². The summed E-state index contributed by atoms with van der Waals surface area (Å²) in [4.78, 5) is 0. The van der Waals surface area contributed by atoms with E-state index in [1.807, 2.05) is 54.6 Å². The van der Waals surface area contributed by atoms with Gasteiger partial charge in [-0.25, -0.2) is 0 Å². The summed E-state index contributed by atoms with van der Waals surface area (Å²) in [7, 11) is 0. The van der Waals surface area contributed by atoms with Crippen LogP contribution in [0.15, 0.2) is 132 Å². The van der Waals surface area contributed by atoms with Crippen molar-refractivity contribution in [3.05, 3.63) is 127 Å². The molecule has 0 unspecified atom stereocenters. The van der Waals surface area contributed by atoms with E-state index in [9.17, 15) is 0 Å². The Kier molecular flexibility index (Phi) is 4.76. The van der Waals surface area contributed by atoms with E-state index in [2.05, 4.69) is 72.8 Å². The Morgan fingerprint density at radius 3 is 1.78 bits per heavy atom. The maximum atomic E-state index is 6.59. The van der Waals surface area contributed by atoms with Crippen molar-refractivity contribution >= 4 is 55.7 Å². The second kappa shape index (κ2) is 8.44. The molecule has 3 nitrogen and oxygen atoms in total. The summed E-state index contributed by atoms with van der Waals surface area (Å²) in [5, 5.41) is 5.42. The molecule has 0 spiro atoms. The fourth-order valence-corrected chi connectivity index (χ4v) is 10.7. The average Bonchev–Trinajstić information content (AvgIpc) is 3.40. The molecule has 2 aliphatic rings. The van der Waals surface area contributed by atoms with Gasteiger partial charge in [-0.05, 0) is 59.2 Å². The summed E-state index contributed by atoms with van der Waals surface area (Å²) < 4.78 is 19.3. The van der Waals surface area contributed by atoms with E-state index in [0.717, 1.165) is 83.1 Å². The van der Waals surface area contributed by atoms with Gasteiger partial charge in [0.25, 0.3) is 0 Å². The molecule has 0 saturated carbocycles. The molecule has 0 atom stereocenters. The van der Waals surface area contributed by atoms with Crippen LogP contribution in [-0.2, 0) is 11.8 Å². The quantitative estimate of drug-likeness (QED) is 0.196. The number of ether oxygens (including phenoxy) is 2. The summed E-state index contributed by atoms with van der Waals surface area (Å²) in [6.45, 7) is 0. The van der Waals surface area contributed by atoms with Crippen molar-refractivity contribution in [2.45, 2.75) is 0 Å². The fourth-order valence-electron chi connectivity index (χ4n) is 6.25. The third-order valence-electron chi connectivity index (χ3n) is 8.14. The maximum Gasteiger partial charge on any atom is 0.143 e. The average molecular weight is 565 g/mol. The number of hydrogen-bond acceptors (Lipinski definition) is 4. The van der Waals surface area contributed by atoms with Crippen molar-refractivity contribution in [3.63, 3.8) is 0 Å². The Bertz CT molecular complexity index is 2170. The topological polar surface area (TPSA) is 31.6 Å². The van der Waals surface area contributed by atoms with Crippen LogP contribution in [-0.4, -0.2) is 0 Å². The molecule has 0 aliphatic carbocycles. The first kappa shape index (κ1) is 23.1. The minimum atomic E-state index is -2.34. The molecule has 0 amide bonds. The SMILES string of the molecule is S=P12c3ccccc3Oc3cc(-c4ccc(-c5cccc6c5oc5ccccc56)cc4)cc(c31)Oc1ccccc12. The summed E-state index contributed by atoms with van der Waals surface area (Å²) in [5.74, 6) is 3.23. The highest BCUT2D eigenvalue weighted by Gasteiger charge is 2.42. The van der Waals surface area contributed by atoms with Crippen molar-refractivity contribution in [1.82, 2.24) is 0 Å². The molecule has 0 radical (unpaired) electrons. The van der Waals surface area contributed by atoms with Gasteiger partial charge in [0.05, 0.1) is 11.3 Å². The number of rotatable bonds is 2. The van der Waals surface area contributed by atoms with E-state index in [1.54, 1.807) is 0 Å². The van der Waals surface area contributed by atoms with Crippen LogP contribution < -0.4 is 25.4 Å². The number of benzene rings is 6. The van der Waals surface area contributed by atoms with Gasteiger partial charge in [-0.3, -0.25) is 0 Å². The van der Waals surface area contributed by atoms with Gasteiger partial charge < -0.3 is 13.9 Å². The van der Waals surface area contributed by atoms with Crippen LogP contribution in [0.1, 0.15) is 0 Å². The highest BCUT2D eigenvalue weighted by Crippen LogP contribution is 2.59. The number of hydrogen-bond donors (Lipinski definition) is 0. The smallest absolute Gasteiger partial charge is 0.143 e. The minimum absolute atomic E-state index is 0.783. The molecule has 7 aromatic rings. The van der Waals surface area contributed by atoms with E-state index in [-0.39, 0.29) is 0 Å². The van der Waals surface area contributed by atoms with Gasteiger partial charge in [0.2, 0.25) is 0 Å². The predicted octanol–water partition coefficient (Wildman–Crippen LogP) is 8.89. The first-order chi connectivity index (χ1) is 20.2. The van der Waals surface area contributed by atoms with Gasteiger partial charge in [0.15, 0.2) is 0 Å². The number of fused-ring (bicyclic) bond motifs is 7. The Hall–Kier alpha value is -4.63. The monoisotopic (exact) mass is 564 g/mol. The lowest BCUT2D eigenvalue weighted by Crippen LogP contribution is -2.34. The van der Waals surface area contributed by atoms with Crippen LogP contribution in [0.2, 0.25) is 0 Å². The molecule has 3 heterocycles. The van der Waals surface area contributed by atoms with Crippen LogP contribution in [0.25, 0.3) is 44.2 Å². The molecule has 5 heteroatoms. The lowest BCUT2D eigenvalue weighted by Gasteiger charge is -2.37. The summed E-state index contributed by atoms with van der Waals surface area (Å²) >= 11 is 6.59. The van der Waals surface area contributed by atoms with Crippen molar-refractivity contribution in [2.24, 2.45) is 0 Å². The largest absolute Gasteiger partial charge is 0.456 e. The molecule has 194 valence electrons. The van der Waals surface area contributed by atoms with Gasteiger partial charge in [-0.1, -0.05) is 96.7 Å². The van der Waals surface area contributed by atoms with E-state index in [0.29, 0.717) is 0 Å². The summed E-state index contributed by atoms with van der Waals surface area (Å²) in [5.41, 5.74) is 6.08. The molecule has 41 heavy (non-hydrogen) atoms. The zero-order valence-electron chi connectivity index (χ0n) is 21.7. The molecule has 6 aromatic carbocycles. The van der Waals surface area contributed by atoms with Gasteiger partial charge >= 0.3 is 0 Å². The Morgan fingerprint density at radius 1 is 0.488 bits per heavy atom. The lowest BCUT2D eigenvalue weighted by molar-refractivity contribution is 0.467. The Balaban J connectivity index is 1.18. The first-order valence-corrected chi connectivity index (χ1v) is 16.3. The first-order valence-electron chi connectivity index (χ1n) is 13.5. The normalized spacial score (nSPS) is 14.0. The van der Waals surface area contributed by atoms with Crippen molar-refractivity contribution in [1.29, 1.82) is 0 Å². The minimum Gasteiger partial charge on any atom is -0.456 e. The van der Waals surface area contributed by atoms with E-state index < -0.39 is 6.04 Å². The third kappa shape index (κ3) is 3.23. The second-order valence-corrected chi connectivity index (χ2v) is 14.7. The molecule has 0 fully saturated rings. The zero-order chi connectivity index (χ0) is 27.1. The number of furan rings is 1.